The zero-order valence-corrected chi connectivity index (χ0v) is 11.7. The Bertz CT molecular complexity index is 536. The topological polar surface area (TPSA) is 62.7 Å². The molecule has 0 aromatic heterocycles. The van der Waals surface area contributed by atoms with E-state index in [1.807, 2.05) is 12.1 Å². The summed E-state index contributed by atoms with van der Waals surface area (Å²) in [6.07, 6.45) is 1.47. The van der Waals surface area contributed by atoms with Gasteiger partial charge in [0.1, 0.15) is 5.71 Å². The lowest BCUT2D eigenvalue weighted by Gasteiger charge is -2.18. The van der Waals surface area contributed by atoms with Crippen molar-refractivity contribution in [3.63, 3.8) is 0 Å². The summed E-state index contributed by atoms with van der Waals surface area (Å²) in [4.78, 5) is 17.5. The smallest absolute Gasteiger partial charge is 0.269 e. The van der Waals surface area contributed by atoms with E-state index in [0.29, 0.717) is 23.7 Å². The van der Waals surface area contributed by atoms with Gasteiger partial charge < -0.3 is 15.5 Å². The minimum absolute atomic E-state index is 0.163. The molecule has 2 aliphatic heterocycles. The van der Waals surface area contributed by atoms with Crippen LogP contribution >= 0.6 is 11.6 Å². The van der Waals surface area contributed by atoms with Crippen molar-refractivity contribution in [1.29, 1.82) is 0 Å². The number of halogens is 1. The fraction of sp³-hybridized carbons (Fsp3) is 0.429. The van der Waals surface area contributed by atoms with Gasteiger partial charge in [0, 0.05) is 31.0 Å². The van der Waals surface area contributed by atoms with Gasteiger partial charge in [-0.15, -0.1) is 0 Å². The van der Waals surface area contributed by atoms with Crippen LogP contribution in [0.5, 0.6) is 0 Å². The van der Waals surface area contributed by atoms with Crippen LogP contribution in [-0.4, -0.2) is 30.3 Å². The number of nitrogens with one attached hydrogen (secondary N) is 2. The van der Waals surface area contributed by atoms with Gasteiger partial charge in [0.2, 0.25) is 0 Å². The first-order valence-corrected chi connectivity index (χ1v) is 7.03. The van der Waals surface area contributed by atoms with Crippen LogP contribution < -0.4 is 10.6 Å². The number of hydrogen-bond donors (Lipinski definition) is 2. The summed E-state index contributed by atoms with van der Waals surface area (Å²) < 4.78 is 0. The molecule has 1 saturated heterocycles. The molecule has 2 aliphatic rings. The molecule has 1 atom stereocenters. The Morgan fingerprint density at radius 1 is 1.45 bits per heavy atom. The van der Waals surface area contributed by atoms with E-state index in [2.05, 4.69) is 15.8 Å². The molecule has 1 fully saturated rings. The number of nitrogens with zero attached hydrogens (tertiary/aromatic N) is 1. The molecule has 0 saturated carbocycles. The second kappa shape index (κ2) is 5.42. The van der Waals surface area contributed by atoms with Crippen LogP contribution in [0.1, 0.15) is 18.4 Å². The summed E-state index contributed by atoms with van der Waals surface area (Å²) in [5.74, 6) is -0.163. The number of oxime groups is 1. The quantitative estimate of drug-likeness (QED) is 0.887. The van der Waals surface area contributed by atoms with Crippen LogP contribution in [0, 0.1) is 0 Å². The van der Waals surface area contributed by atoms with Crippen molar-refractivity contribution in [2.45, 2.75) is 25.0 Å². The zero-order chi connectivity index (χ0) is 14.0. The van der Waals surface area contributed by atoms with Crippen molar-refractivity contribution in [2.75, 3.05) is 13.1 Å². The van der Waals surface area contributed by atoms with E-state index in [0.717, 1.165) is 25.1 Å². The van der Waals surface area contributed by atoms with Crippen LogP contribution in [-0.2, 0) is 16.2 Å². The number of carbonyl (C=O) groups is 1. The number of hydrogen-bond acceptors (Lipinski definition) is 4. The van der Waals surface area contributed by atoms with Crippen molar-refractivity contribution in [3.05, 3.63) is 34.9 Å². The number of rotatable bonds is 3. The van der Waals surface area contributed by atoms with E-state index in [-0.39, 0.29) is 11.5 Å². The molecule has 2 N–H and O–H groups in total. The van der Waals surface area contributed by atoms with Gasteiger partial charge in [-0.1, -0.05) is 28.9 Å². The summed E-state index contributed by atoms with van der Waals surface area (Å²) in [7, 11) is 0. The van der Waals surface area contributed by atoms with Gasteiger partial charge in [-0.3, -0.25) is 4.79 Å². The highest BCUT2D eigenvalue weighted by Gasteiger charge is 2.43. The van der Waals surface area contributed by atoms with Crippen molar-refractivity contribution >= 4 is 23.2 Å². The Hall–Kier alpha value is -1.59. The lowest BCUT2D eigenvalue weighted by atomic mass is 9.96. The van der Waals surface area contributed by atoms with Crippen LogP contribution in [0.3, 0.4) is 0 Å². The Labute approximate surface area is 122 Å². The molecule has 0 aliphatic carbocycles. The second-order valence-corrected chi connectivity index (χ2v) is 5.66. The molecule has 0 bridgehead atoms. The maximum atomic E-state index is 12.1. The third-order valence-corrected chi connectivity index (χ3v) is 3.92. The first kappa shape index (κ1) is 13.4. The molecular formula is C14H16ClN3O2. The third kappa shape index (κ3) is 2.78. The Morgan fingerprint density at radius 3 is 2.95 bits per heavy atom. The normalized spacial score (nSPS) is 24.6. The Balaban J connectivity index is 1.54. The van der Waals surface area contributed by atoms with Crippen molar-refractivity contribution < 1.29 is 9.63 Å². The monoisotopic (exact) mass is 293 g/mol. The standard InChI is InChI=1S/C14H16ClN3O2/c15-11-3-1-10(2-4-11)8-17-13(19)12-7-14(20-18-12)5-6-16-9-14/h1-4,16H,5-9H2,(H,17,19)/t14-/m1/s1. The average molecular weight is 294 g/mol. The molecule has 20 heavy (non-hydrogen) atoms. The molecule has 1 spiro atoms. The summed E-state index contributed by atoms with van der Waals surface area (Å²) in [6.45, 7) is 2.12. The lowest BCUT2D eigenvalue weighted by Crippen LogP contribution is -2.36. The number of benzene rings is 1. The fourth-order valence-corrected chi connectivity index (χ4v) is 2.61. The molecule has 106 valence electrons. The highest BCUT2D eigenvalue weighted by Crippen LogP contribution is 2.29. The highest BCUT2D eigenvalue weighted by molar-refractivity contribution is 6.39. The SMILES string of the molecule is O=C(NCc1ccc(Cl)cc1)C1=NO[C@]2(CCNC2)C1. The highest BCUT2D eigenvalue weighted by atomic mass is 35.5. The lowest BCUT2D eigenvalue weighted by molar-refractivity contribution is -0.115. The van der Waals surface area contributed by atoms with Crippen LogP contribution in [0.2, 0.25) is 5.02 Å². The van der Waals surface area contributed by atoms with E-state index in [1.165, 1.54) is 0 Å². The minimum Gasteiger partial charge on any atom is -0.387 e. The van der Waals surface area contributed by atoms with Crippen LogP contribution in [0.4, 0.5) is 0 Å². The van der Waals surface area contributed by atoms with Gasteiger partial charge in [-0.05, 0) is 24.2 Å². The molecule has 2 heterocycles. The summed E-state index contributed by atoms with van der Waals surface area (Å²) in [6, 6.07) is 7.38. The van der Waals surface area contributed by atoms with Gasteiger partial charge in [-0.2, -0.15) is 0 Å². The van der Waals surface area contributed by atoms with E-state index < -0.39 is 0 Å². The molecular weight excluding hydrogens is 278 g/mol. The number of amides is 1. The van der Waals surface area contributed by atoms with Gasteiger partial charge in [0.25, 0.3) is 5.91 Å². The Kier molecular flexibility index (Phi) is 3.63. The van der Waals surface area contributed by atoms with Gasteiger partial charge in [0.05, 0.1) is 0 Å². The molecule has 5 nitrogen and oxygen atoms in total. The molecule has 6 heteroatoms. The van der Waals surface area contributed by atoms with Crippen molar-refractivity contribution in [1.82, 2.24) is 10.6 Å². The molecule has 0 unspecified atom stereocenters. The molecule has 1 aromatic carbocycles. The average Bonchev–Trinajstić information content (AvgIpc) is 3.09. The predicted molar refractivity (Wildman–Crippen MR) is 76.7 cm³/mol. The molecule has 1 amide bonds. The Morgan fingerprint density at radius 2 is 2.25 bits per heavy atom. The van der Waals surface area contributed by atoms with Gasteiger partial charge in [0.15, 0.2) is 5.60 Å². The summed E-state index contributed by atoms with van der Waals surface area (Å²) in [5, 5.41) is 10.7. The third-order valence-electron chi connectivity index (χ3n) is 3.67. The maximum Gasteiger partial charge on any atom is 0.269 e. The van der Waals surface area contributed by atoms with Gasteiger partial charge >= 0.3 is 0 Å². The largest absolute Gasteiger partial charge is 0.387 e. The second-order valence-electron chi connectivity index (χ2n) is 5.22. The zero-order valence-electron chi connectivity index (χ0n) is 11.0. The number of carbonyl (C=O) groups excluding carboxylic acids is 1. The minimum atomic E-state index is -0.299. The van der Waals surface area contributed by atoms with E-state index in [1.54, 1.807) is 12.1 Å². The summed E-state index contributed by atoms with van der Waals surface area (Å²) >= 11 is 5.82. The maximum absolute atomic E-state index is 12.1. The molecule has 0 radical (unpaired) electrons. The van der Waals surface area contributed by atoms with E-state index in [4.69, 9.17) is 16.4 Å². The van der Waals surface area contributed by atoms with Crippen LogP contribution in [0.15, 0.2) is 29.4 Å². The molecule has 3 rings (SSSR count). The summed E-state index contributed by atoms with van der Waals surface area (Å²) in [5.41, 5.74) is 1.18. The molecule has 1 aromatic rings. The first-order chi connectivity index (χ1) is 9.67. The van der Waals surface area contributed by atoms with E-state index >= 15 is 0 Å². The van der Waals surface area contributed by atoms with Crippen LogP contribution in [0.25, 0.3) is 0 Å². The van der Waals surface area contributed by atoms with E-state index in [9.17, 15) is 4.79 Å². The van der Waals surface area contributed by atoms with Crippen molar-refractivity contribution in [3.8, 4) is 0 Å². The van der Waals surface area contributed by atoms with Crippen molar-refractivity contribution in [2.24, 2.45) is 5.16 Å². The predicted octanol–water partition coefficient (Wildman–Crippen LogP) is 1.46. The first-order valence-electron chi connectivity index (χ1n) is 6.65. The van der Waals surface area contributed by atoms with Gasteiger partial charge in [-0.25, -0.2) is 0 Å². The fourth-order valence-electron chi connectivity index (χ4n) is 2.48.